The number of carboxylic acids is 1. The molecule has 0 spiro atoms. The zero-order valence-corrected chi connectivity index (χ0v) is 7.07. The van der Waals surface area contributed by atoms with Gasteiger partial charge in [-0.2, -0.15) is 0 Å². The molecule has 0 aromatic carbocycles. The number of rotatable bonds is 3. The van der Waals surface area contributed by atoms with Gasteiger partial charge in [-0.3, -0.25) is 4.79 Å². The van der Waals surface area contributed by atoms with Crippen LogP contribution in [0.25, 0.3) is 0 Å². The van der Waals surface area contributed by atoms with Crippen LogP contribution in [0.3, 0.4) is 0 Å². The standard InChI is InChI=1S/C6H10O3S/c1-4(10(2)3)5(7)6(8)9/h4H,1-3H3/p+1. The molecule has 0 aromatic heterocycles. The second-order valence-electron chi connectivity index (χ2n) is 2.19. The first-order valence-corrected chi connectivity index (χ1v) is 4.90. The summed E-state index contributed by atoms with van der Waals surface area (Å²) >= 11 is 0. The summed E-state index contributed by atoms with van der Waals surface area (Å²) in [7, 11) is -0.141. The topological polar surface area (TPSA) is 54.4 Å². The molecule has 0 aliphatic carbocycles. The Kier molecular flexibility index (Phi) is 3.42. The van der Waals surface area contributed by atoms with Crippen molar-refractivity contribution in [2.24, 2.45) is 0 Å². The van der Waals surface area contributed by atoms with Gasteiger partial charge < -0.3 is 5.11 Å². The maximum Gasteiger partial charge on any atom is 0.377 e. The van der Waals surface area contributed by atoms with Crippen LogP contribution >= 0.6 is 0 Å². The van der Waals surface area contributed by atoms with Gasteiger partial charge in [0.2, 0.25) is 0 Å². The van der Waals surface area contributed by atoms with E-state index in [0.717, 1.165) is 0 Å². The SMILES string of the molecule is CC(C(=O)C(=O)O)[S+](C)C. The maximum atomic E-state index is 10.7. The Labute approximate surface area is 62.8 Å². The predicted molar refractivity (Wildman–Crippen MR) is 41.3 cm³/mol. The Morgan fingerprint density at radius 3 is 1.90 bits per heavy atom. The number of carbonyl (C=O) groups is 2. The van der Waals surface area contributed by atoms with Gasteiger partial charge in [-0.25, -0.2) is 4.79 Å². The molecule has 0 aliphatic rings. The van der Waals surface area contributed by atoms with Crippen molar-refractivity contribution >= 4 is 22.6 Å². The molecule has 58 valence electrons. The second-order valence-corrected chi connectivity index (χ2v) is 4.66. The Hall–Kier alpha value is -0.510. The first kappa shape index (κ1) is 9.49. The van der Waals surface area contributed by atoms with Gasteiger partial charge in [0.1, 0.15) is 0 Å². The summed E-state index contributed by atoms with van der Waals surface area (Å²) < 4.78 is 0. The van der Waals surface area contributed by atoms with Crippen LogP contribution in [0.15, 0.2) is 0 Å². The minimum atomic E-state index is -1.33. The molecule has 0 aliphatic heterocycles. The molecule has 4 heteroatoms. The van der Waals surface area contributed by atoms with E-state index in [1.165, 1.54) is 0 Å². The van der Waals surface area contributed by atoms with Crippen molar-refractivity contribution < 1.29 is 14.7 Å². The first-order chi connectivity index (χ1) is 4.46. The van der Waals surface area contributed by atoms with Crippen molar-refractivity contribution in [3.8, 4) is 0 Å². The number of aliphatic carboxylic acids is 1. The first-order valence-electron chi connectivity index (χ1n) is 2.80. The molecular weight excluding hydrogens is 152 g/mol. The molecule has 0 saturated carbocycles. The average molecular weight is 163 g/mol. The van der Waals surface area contributed by atoms with E-state index >= 15 is 0 Å². The van der Waals surface area contributed by atoms with Gasteiger partial charge in [-0.1, -0.05) is 0 Å². The van der Waals surface area contributed by atoms with E-state index in [-0.39, 0.29) is 16.1 Å². The lowest BCUT2D eigenvalue weighted by Gasteiger charge is -2.01. The van der Waals surface area contributed by atoms with Crippen molar-refractivity contribution in [2.45, 2.75) is 12.2 Å². The van der Waals surface area contributed by atoms with Crippen LogP contribution in [-0.4, -0.2) is 34.6 Å². The number of ketones is 1. The van der Waals surface area contributed by atoms with E-state index in [4.69, 9.17) is 5.11 Å². The highest BCUT2D eigenvalue weighted by molar-refractivity contribution is 7.96. The van der Waals surface area contributed by atoms with Crippen LogP contribution in [0.1, 0.15) is 6.92 Å². The van der Waals surface area contributed by atoms with Gasteiger partial charge in [0, 0.05) is 0 Å². The van der Waals surface area contributed by atoms with Gasteiger partial charge in [-0.05, 0) is 17.8 Å². The summed E-state index contributed by atoms with van der Waals surface area (Å²) in [6.45, 7) is 1.64. The maximum absolute atomic E-state index is 10.7. The average Bonchev–Trinajstić information content (AvgIpc) is 1.84. The zero-order chi connectivity index (χ0) is 8.31. The molecule has 0 radical (unpaired) electrons. The number of hydrogen-bond acceptors (Lipinski definition) is 2. The number of hydrogen-bond donors (Lipinski definition) is 1. The largest absolute Gasteiger partial charge is 0.475 e. The zero-order valence-electron chi connectivity index (χ0n) is 6.25. The van der Waals surface area contributed by atoms with Crippen molar-refractivity contribution in [1.29, 1.82) is 0 Å². The molecule has 0 fully saturated rings. The lowest BCUT2D eigenvalue weighted by atomic mass is 10.3. The van der Waals surface area contributed by atoms with E-state index in [9.17, 15) is 9.59 Å². The smallest absolute Gasteiger partial charge is 0.377 e. The fourth-order valence-corrected chi connectivity index (χ4v) is 0.917. The molecule has 1 unspecified atom stereocenters. The molecule has 0 bridgehead atoms. The summed E-state index contributed by atoms with van der Waals surface area (Å²) in [5.74, 6) is -2.01. The molecule has 0 rings (SSSR count). The normalized spacial score (nSPS) is 13.2. The summed E-state index contributed by atoms with van der Waals surface area (Å²) in [6.07, 6.45) is 3.71. The summed E-state index contributed by atoms with van der Waals surface area (Å²) in [6, 6.07) is 0. The Balaban J connectivity index is 4.08. The minimum absolute atomic E-state index is 0.141. The molecule has 3 nitrogen and oxygen atoms in total. The van der Waals surface area contributed by atoms with E-state index in [0.29, 0.717) is 0 Å². The summed E-state index contributed by atoms with van der Waals surface area (Å²) in [5, 5.41) is 7.91. The number of Topliss-reactive ketones (excluding diaryl/α,β-unsaturated/α-hetero) is 1. The fourth-order valence-electron chi connectivity index (χ4n) is 0.388. The molecule has 0 aromatic rings. The number of carbonyl (C=O) groups excluding carboxylic acids is 1. The number of carboxylic acid groups (broad SMARTS) is 1. The van der Waals surface area contributed by atoms with Crippen LogP contribution in [0.2, 0.25) is 0 Å². The summed E-state index contributed by atoms with van der Waals surface area (Å²) in [4.78, 5) is 20.8. The third-order valence-corrected chi connectivity index (χ3v) is 2.92. The van der Waals surface area contributed by atoms with Crippen LogP contribution in [0.5, 0.6) is 0 Å². The van der Waals surface area contributed by atoms with Crippen LogP contribution < -0.4 is 0 Å². The Morgan fingerprint density at radius 2 is 1.80 bits per heavy atom. The molecule has 0 saturated heterocycles. The second kappa shape index (κ2) is 3.61. The van der Waals surface area contributed by atoms with Crippen molar-refractivity contribution in [3.05, 3.63) is 0 Å². The third-order valence-electron chi connectivity index (χ3n) is 1.29. The lowest BCUT2D eigenvalue weighted by Crippen LogP contribution is -2.31. The van der Waals surface area contributed by atoms with Crippen LogP contribution in [-0.2, 0) is 20.5 Å². The van der Waals surface area contributed by atoms with Crippen LogP contribution in [0.4, 0.5) is 0 Å². The fraction of sp³-hybridized carbons (Fsp3) is 0.667. The highest BCUT2D eigenvalue weighted by Crippen LogP contribution is 1.99. The molecule has 10 heavy (non-hydrogen) atoms. The van der Waals surface area contributed by atoms with Crippen molar-refractivity contribution in [1.82, 2.24) is 0 Å². The van der Waals surface area contributed by atoms with Crippen molar-refractivity contribution in [2.75, 3.05) is 12.5 Å². The lowest BCUT2D eigenvalue weighted by molar-refractivity contribution is -0.148. The van der Waals surface area contributed by atoms with Gasteiger partial charge in [0.15, 0.2) is 5.25 Å². The van der Waals surface area contributed by atoms with E-state index in [1.807, 2.05) is 12.5 Å². The van der Waals surface area contributed by atoms with Gasteiger partial charge in [-0.15, -0.1) is 0 Å². The van der Waals surface area contributed by atoms with Gasteiger partial charge >= 0.3 is 5.97 Å². The van der Waals surface area contributed by atoms with Gasteiger partial charge in [0.25, 0.3) is 5.78 Å². The Morgan fingerprint density at radius 1 is 1.40 bits per heavy atom. The van der Waals surface area contributed by atoms with E-state index in [1.54, 1.807) is 6.92 Å². The predicted octanol–water partition coefficient (Wildman–Crippen LogP) is -0.0935. The summed E-state index contributed by atoms with van der Waals surface area (Å²) in [5.41, 5.74) is 0. The molecule has 1 atom stereocenters. The van der Waals surface area contributed by atoms with Gasteiger partial charge in [0.05, 0.1) is 12.5 Å². The minimum Gasteiger partial charge on any atom is -0.475 e. The highest BCUT2D eigenvalue weighted by Gasteiger charge is 2.29. The van der Waals surface area contributed by atoms with Crippen LogP contribution in [0, 0.1) is 0 Å². The third kappa shape index (κ3) is 2.39. The Bertz CT molecular complexity index is 153. The monoisotopic (exact) mass is 163 g/mol. The molecular formula is C6H11O3S+. The van der Waals surface area contributed by atoms with E-state index in [2.05, 4.69) is 0 Å². The highest BCUT2D eigenvalue weighted by atomic mass is 32.2. The van der Waals surface area contributed by atoms with Crippen molar-refractivity contribution in [3.63, 3.8) is 0 Å². The molecule has 0 amide bonds. The molecule has 0 heterocycles. The molecule has 1 N–H and O–H groups in total. The quantitative estimate of drug-likeness (QED) is 0.467. The van der Waals surface area contributed by atoms with E-state index < -0.39 is 11.8 Å².